The van der Waals surface area contributed by atoms with Crippen LogP contribution in [0.5, 0.6) is 5.75 Å². The smallest absolute Gasteiger partial charge is 0.410 e. The Labute approximate surface area is 163 Å². The third kappa shape index (κ3) is 3.42. The Kier molecular flexibility index (Phi) is 4.83. The molecular formula is C19H24N4O5. The number of nitro groups is 1. The molecule has 2 aliphatic heterocycles. The molecule has 1 fully saturated rings. The van der Waals surface area contributed by atoms with Crippen molar-refractivity contribution in [3.63, 3.8) is 0 Å². The minimum Gasteiger partial charge on any atom is -0.487 e. The zero-order valence-electron chi connectivity index (χ0n) is 16.5. The maximum atomic E-state index is 12.5. The highest BCUT2D eigenvalue weighted by molar-refractivity contribution is 5.74. The normalized spacial score (nSPS) is 21.5. The number of fused-ring (bicyclic) bond motifs is 1. The van der Waals surface area contributed by atoms with Crippen LogP contribution in [0, 0.1) is 21.4 Å². The molecule has 9 nitrogen and oxygen atoms in total. The molecule has 3 rings (SSSR count). The van der Waals surface area contributed by atoms with Gasteiger partial charge < -0.3 is 19.3 Å². The van der Waals surface area contributed by atoms with Crippen LogP contribution in [0.25, 0.3) is 0 Å². The number of nitriles is 1. The van der Waals surface area contributed by atoms with Gasteiger partial charge in [0.2, 0.25) is 0 Å². The van der Waals surface area contributed by atoms with E-state index >= 15 is 0 Å². The minimum atomic E-state index is -0.586. The molecule has 1 aromatic rings. The standard InChI is InChI=1S/C19H24N4O5/c1-18(2,3)28-17(24)22-9-5-8-19(11-22)12-27-16-13(10-20)14(23(25)26)6-7-15(16)21(19)4/h6-7H,5,8-9,11-12H2,1-4H3. The van der Waals surface area contributed by atoms with Gasteiger partial charge in [-0.05, 0) is 39.7 Å². The molecular weight excluding hydrogens is 364 g/mol. The van der Waals surface area contributed by atoms with Crippen molar-refractivity contribution in [3.05, 3.63) is 27.8 Å². The summed E-state index contributed by atoms with van der Waals surface area (Å²) in [5, 5.41) is 20.6. The number of carbonyl (C=O) groups excluding carboxylic acids is 1. The molecule has 9 heteroatoms. The Balaban J connectivity index is 1.91. The molecule has 0 bridgehead atoms. The number of nitro benzene ring substituents is 1. The van der Waals surface area contributed by atoms with E-state index in [0.29, 0.717) is 18.8 Å². The number of hydrogen-bond acceptors (Lipinski definition) is 7. The summed E-state index contributed by atoms with van der Waals surface area (Å²) in [5.41, 5.74) is -0.803. The van der Waals surface area contributed by atoms with Gasteiger partial charge in [-0.3, -0.25) is 10.1 Å². The molecule has 0 aliphatic carbocycles. The monoisotopic (exact) mass is 388 g/mol. The molecule has 1 unspecified atom stereocenters. The molecule has 1 saturated heterocycles. The van der Waals surface area contributed by atoms with Crippen LogP contribution >= 0.6 is 0 Å². The first-order valence-electron chi connectivity index (χ1n) is 9.14. The van der Waals surface area contributed by atoms with E-state index in [-0.39, 0.29) is 29.7 Å². The highest BCUT2D eigenvalue weighted by Crippen LogP contribution is 2.45. The van der Waals surface area contributed by atoms with Crippen LogP contribution in [-0.4, -0.2) is 53.8 Å². The van der Waals surface area contributed by atoms with Crippen LogP contribution in [0.3, 0.4) is 0 Å². The zero-order chi connectivity index (χ0) is 20.7. The average Bonchev–Trinajstić information content (AvgIpc) is 2.62. The van der Waals surface area contributed by atoms with E-state index in [2.05, 4.69) is 0 Å². The molecule has 1 aromatic carbocycles. The van der Waals surface area contributed by atoms with Gasteiger partial charge in [0, 0.05) is 19.7 Å². The molecule has 1 amide bonds. The molecule has 0 radical (unpaired) electrons. The number of ether oxygens (including phenoxy) is 2. The maximum absolute atomic E-state index is 12.5. The van der Waals surface area contributed by atoms with Crippen LogP contribution in [0.15, 0.2) is 12.1 Å². The summed E-state index contributed by atoms with van der Waals surface area (Å²) in [6, 6.07) is 4.81. The van der Waals surface area contributed by atoms with Crippen LogP contribution in [-0.2, 0) is 4.74 Å². The lowest BCUT2D eigenvalue weighted by molar-refractivity contribution is -0.385. The number of amides is 1. The summed E-state index contributed by atoms with van der Waals surface area (Å²) in [7, 11) is 1.87. The molecule has 1 atom stereocenters. The van der Waals surface area contributed by atoms with Gasteiger partial charge in [0.15, 0.2) is 11.3 Å². The maximum Gasteiger partial charge on any atom is 0.410 e. The van der Waals surface area contributed by atoms with Gasteiger partial charge in [0.1, 0.15) is 18.3 Å². The molecule has 0 aromatic heterocycles. The van der Waals surface area contributed by atoms with E-state index < -0.39 is 16.1 Å². The molecule has 0 saturated carbocycles. The Bertz CT molecular complexity index is 857. The van der Waals surface area contributed by atoms with E-state index in [1.54, 1.807) is 11.0 Å². The molecule has 1 spiro atoms. The Morgan fingerprint density at radius 3 is 2.75 bits per heavy atom. The fourth-order valence-corrected chi connectivity index (χ4v) is 3.78. The predicted molar refractivity (Wildman–Crippen MR) is 101 cm³/mol. The molecule has 150 valence electrons. The van der Waals surface area contributed by atoms with E-state index in [0.717, 1.165) is 12.8 Å². The number of carbonyl (C=O) groups is 1. The zero-order valence-corrected chi connectivity index (χ0v) is 16.5. The van der Waals surface area contributed by atoms with Crippen molar-refractivity contribution >= 4 is 17.5 Å². The van der Waals surface area contributed by atoms with E-state index in [1.807, 2.05) is 38.8 Å². The van der Waals surface area contributed by atoms with Crippen molar-refractivity contribution < 1.29 is 19.2 Å². The fourth-order valence-electron chi connectivity index (χ4n) is 3.78. The van der Waals surface area contributed by atoms with Crippen molar-refractivity contribution in [2.24, 2.45) is 0 Å². The highest BCUT2D eigenvalue weighted by Gasteiger charge is 2.46. The summed E-state index contributed by atoms with van der Waals surface area (Å²) >= 11 is 0. The van der Waals surface area contributed by atoms with Gasteiger partial charge in [-0.15, -0.1) is 0 Å². The summed E-state index contributed by atoms with van der Waals surface area (Å²) < 4.78 is 11.4. The third-order valence-corrected chi connectivity index (χ3v) is 5.19. The Morgan fingerprint density at radius 1 is 1.43 bits per heavy atom. The van der Waals surface area contributed by atoms with Crippen LogP contribution in [0.1, 0.15) is 39.2 Å². The Hall–Kier alpha value is -3.02. The van der Waals surface area contributed by atoms with Gasteiger partial charge in [-0.2, -0.15) is 5.26 Å². The van der Waals surface area contributed by atoms with Crippen molar-refractivity contribution in [1.82, 2.24) is 4.90 Å². The largest absolute Gasteiger partial charge is 0.487 e. The summed E-state index contributed by atoms with van der Waals surface area (Å²) in [4.78, 5) is 26.8. The minimum absolute atomic E-state index is 0.0796. The first-order chi connectivity index (χ1) is 13.1. The van der Waals surface area contributed by atoms with E-state index in [1.165, 1.54) is 6.07 Å². The first-order valence-corrected chi connectivity index (χ1v) is 9.14. The van der Waals surface area contributed by atoms with Crippen LogP contribution in [0.2, 0.25) is 0 Å². The van der Waals surface area contributed by atoms with Gasteiger partial charge in [0.05, 0.1) is 22.7 Å². The SMILES string of the molecule is CN1c2ccc([N+](=O)[O-])c(C#N)c2OCC12CCCN(C(=O)OC(C)(C)C)C2. The van der Waals surface area contributed by atoms with Crippen molar-refractivity contribution in [2.75, 3.05) is 31.6 Å². The van der Waals surface area contributed by atoms with Crippen molar-refractivity contribution in [1.29, 1.82) is 5.26 Å². The lowest BCUT2D eigenvalue weighted by Crippen LogP contribution is -2.63. The third-order valence-electron chi connectivity index (χ3n) is 5.19. The Morgan fingerprint density at radius 2 is 2.14 bits per heavy atom. The second kappa shape index (κ2) is 6.86. The molecule has 28 heavy (non-hydrogen) atoms. The van der Waals surface area contributed by atoms with Crippen molar-refractivity contribution in [2.45, 2.75) is 44.8 Å². The van der Waals surface area contributed by atoms with Gasteiger partial charge in [-0.1, -0.05) is 0 Å². The first kappa shape index (κ1) is 19.7. The van der Waals surface area contributed by atoms with Crippen LogP contribution < -0.4 is 9.64 Å². The number of anilines is 1. The number of piperidine rings is 1. The van der Waals surface area contributed by atoms with E-state index in [9.17, 15) is 20.2 Å². The van der Waals surface area contributed by atoms with Gasteiger partial charge >= 0.3 is 6.09 Å². The lowest BCUT2D eigenvalue weighted by Gasteiger charge is -2.51. The number of likely N-dealkylation sites (tertiary alicyclic amines) is 1. The lowest BCUT2D eigenvalue weighted by atomic mass is 9.86. The topological polar surface area (TPSA) is 109 Å². The number of rotatable bonds is 1. The number of benzene rings is 1. The fraction of sp³-hybridized carbons (Fsp3) is 0.579. The molecule has 0 N–H and O–H groups in total. The number of likely N-dealkylation sites (N-methyl/N-ethyl adjacent to an activating group) is 1. The highest BCUT2D eigenvalue weighted by atomic mass is 16.6. The molecule has 2 heterocycles. The number of nitrogens with zero attached hydrogens (tertiary/aromatic N) is 4. The van der Waals surface area contributed by atoms with Gasteiger partial charge in [0.25, 0.3) is 5.69 Å². The second-order valence-electron chi connectivity index (χ2n) is 8.25. The second-order valence-corrected chi connectivity index (χ2v) is 8.25. The quantitative estimate of drug-likeness (QED) is 0.537. The van der Waals surface area contributed by atoms with E-state index in [4.69, 9.17) is 9.47 Å². The molecule has 2 aliphatic rings. The predicted octanol–water partition coefficient (Wildman–Crippen LogP) is 3.06. The van der Waals surface area contributed by atoms with Crippen molar-refractivity contribution in [3.8, 4) is 11.8 Å². The number of hydrogen-bond donors (Lipinski definition) is 0. The summed E-state index contributed by atoms with van der Waals surface area (Å²) in [6.45, 7) is 6.72. The van der Waals surface area contributed by atoms with Gasteiger partial charge in [-0.25, -0.2) is 4.79 Å². The summed E-state index contributed by atoms with van der Waals surface area (Å²) in [5.74, 6) is 0.221. The average molecular weight is 388 g/mol. The summed E-state index contributed by atoms with van der Waals surface area (Å²) in [6.07, 6.45) is 1.20. The van der Waals surface area contributed by atoms with Crippen LogP contribution in [0.4, 0.5) is 16.2 Å².